The average Bonchev–Trinajstić information content (AvgIpc) is 2.68. The molecule has 5 nitrogen and oxygen atoms in total. The molecule has 10 heteroatoms. The highest BCUT2D eigenvalue weighted by molar-refractivity contribution is 7.90. The standard InChI is InChI=1S/C20H13ClF3NO4S/c21-15-2-1-14(18(11-15)19(26)13-7-9-25-10-8-13)12-30(27,28)17-5-3-16(4-6-17)29-20(22,23)24/h1-11H,12H2. The lowest BCUT2D eigenvalue weighted by atomic mass is 10.00. The third-order valence-electron chi connectivity index (χ3n) is 4.02. The number of hydrogen-bond donors (Lipinski definition) is 0. The van der Waals surface area contributed by atoms with Gasteiger partial charge in [-0.1, -0.05) is 17.7 Å². The predicted octanol–water partition coefficient (Wildman–Crippen LogP) is 4.84. The summed E-state index contributed by atoms with van der Waals surface area (Å²) in [6.07, 6.45) is -2.02. The topological polar surface area (TPSA) is 73.3 Å². The number of nitrogens with zero attached hydrogens (tertiary/aromatic N) is 1. The minimum Gasteiger partial charge on any atom is -0.406 e. The third-order valence-corrected chi connectivity index (χ3v) is 5.94. The van der Waals surface area contributed by atoms with Crippen molar-refractivity contribution < 1.29 is 31.1 Å². The zero-order chi connectivity index (χ0) is 21.9. The summed E-state index contributed by atoms with van der Waals surface area (Å²) in [4.78, 5) is 16.4. The van der Waals surface area contributed by atoms with E-state index in [0.717, 1.165) is 24.3 Å². The van der Waals surface area contributed by atoms with E-state index in [1.807, 2.05) is 0 Å². The Balaban J connectivity index is 1.91. The summed E-state index contributed by atoms with van der Waals surface area (Å²) in [7, 11) is -3.97. The molecule has 0 saturated carbocycles. The van der Waals surface area contributed by atoms with Crippen molar-refractivity contribution >= 4 is 27.2 Å². The van der Waals surface area contributed by atoms with E-state index >= 15 is 0 Å². The molecule has 0 amide bonds. The Morgan fingerprint density at radius 3 is 2.23 bits per heavy atom. The molecular weight excluding hydrogens is 443 g/mol. The highest BCUT2D eigenvalue weighted by Crippen LogP contribution is 2.27. The normalized spacial score (nSPS) is 11.9. The van der Waals surface area contributed by atoms with Crippen molar-refractivity contribution in [1.29, 1.82) is 0 Å². The summed E-state index contributed by atoms with van der Waals surface area (Å²) in [5.74, 6) is -1.52. The van der Waals surface area contributed by atoms with E-state index in [-0.39, 0.29) is 21.0 Å². The Bertz CT molecular complexity index is 1160. The minimum absolute atomic E-state index is 0.106. The van der Waals surface area contributed by atoms with Crippen molar-refractivity contribution in [3.05, 3.63) is 88.7 Å². The van der Waals surface area contributed by atoms with E-state index in [4.69, 9.17) is 11.6 Å². The van der Waals surface area contributed by atoms with Crippen molar-refractivity contribution in [2.75, 3.05) is 0 Å². The zero-order valence-corrected chi connectivity index (χ0v) is 16.6. The number of aromatic nitrogens is 1. The number of ketones is 1. The number of rotatable bonds is 6. The summed E-state index contributed by atoms with van der Waals surface area (Å²) in [5.41, 5.74) is 0.616. The van der Waals surface area contributed by atoms with Gasteiger partial charge in [-0.25, -0.2) is 8.42 Å². The molecule has 0 fully saturated rings. The van der Waals surface area contributed by atoms with E-state index in [0.29, 0.717) is 5.56 Å². The van der Waals surface area contributed by atoms with E-state index in [1.165, 1.54) is 42.7 Å². The number of alkyl halides is 3. The highest BCUT2D eigenvalue weighted by atomic mass is 35.5. The third kappa shape index (κ3) is 5.37. The largest absolute Gasteiger partial charge is 0.573 e. The Hall–Kier alpha value is -2.91. The summed E-state index contributed by atoms with van der Waals surface area (Å²) >= 11 is 5.99. The second kappa shape index (κ2) is 8.45. The molecule has 0 spiro atoms. The van der Waals surface area contributed by atoms with Crippen LogP contribution in [-0.4, -0.2) is 25.5 Å². The second-order valence-electron chi connectivity index (χ2n) is 6.14. The van der Waals surface area contributed by atoms with Gasteiger partial charge in [-0.15, -0.1) is 13.2 Å². The van der Waals surface area contributed by atoms with Gasteiger partial charge in [0.25, 0.3) is 0 Å². The highest BCUT2D eigenvalue weighted by Gasteiger charge is 2.31. The second-order valence-corrected chi connectivity index (χ2v) is 8.57. The quantitative estimate of drug-likeness (QED) is 0.497. The molecule has 0 atom stereocenters. The monoisotopic (exact) mass is 455 g/mol. The molecule has 0 aliphatic rings. The van der Waals surface area contributed by atoms with Crippen LogP contribution in [0, 0.1) is 0 Å². The van der Waals surface area contributed by atoms with Crippen LogP contribution in [0.5, 0.6) is 5.75 Å². The van der Waals surface area contributed by atoms with Gasteiger partial charge in [0.1, 0.15) is 5.75 Å². The van der Waals surface area contributed by atoms with Gasteiger partial charge >= 0.3 is 6.36 Å². The van der Waals surface area contributed by atoms with Gasteiger partial charge in [0.15, 0.2) is 15.6 Å². The van der Waals surface area contributed by atoms with Crippen molar-refractivity contribution in [3.63, 3.8) is 0 Å². The molecular formula is C20H13ClF3NO4S. The van der Waals surface area contributed by atoms with Crippen LogP contribution in [0.15, 0.2) is 71.9 Å². The van der Waals surface area contributed by atoms with Gasteiger partial charge < -0.3 is 4.74 Å². The maximum atomic E-state index is 12.8. The Morgan fingerprint density at radius 1 is 1.00 bits per heavy atom. The smallest absolute Gasteiger partial charge is 0.406 e. The summed E-state index contributed by atoms with van der Waals surface area (Å²) in [6.45, 7) is 0. The van der Waals surface area contributed by atoms with E-state index in [1.54, 1.807) is 0 Å². The van der Waals surface area contributed by atoms with Crippen LogP contribution in [-0.2, 0) is 15.6 Å². The first kappa shape index (κ1) is 21.8. The van der Waals surface area contributed by atoms with Gasteiger partial charge in [0.2, 0.25) is 0 Å². The van der Waals surface area contributed by atoms with Gasteiger partial charge in [-0.05, 0) is 54.1 Å². The van der Waals surface area contributed by atoms with Crippen molar-refractivity contribution in [3.8, 4) is 5.75 Å². The zero-order valence-electron chi connectivity index (χ0n) is 15.1. The number of ether oxygens (including phenoxy) is 1. The van der Waals surface area contributed by atoms with Gasteiger partial charge in [0, 0.05) is 28.5 Å². The fraction of sp³-hybridized carbons (Fsp3) is 0.100. The first-order chi connectivity index (χ1) is 14.0. The first-order valence-electron chi connectivity index (χ1n) is 8.37. The summed E-state index contributed by atoms with van der Waals surface area (Å²) < 4.78 is 66.1. The van der Waals surface area contributed by atoms with E-state index in [2.05, 4.69) is 9.72 Å². The molecule has 156 valence electrons. The number of halogens is 4. The van der Waals surface area contributed by atoms with E-state index < -0.39 is 33.5 Å². The lowest BCUT2D eigenvalue weighted by Crippen LogP contribution is -2.17. The molecule has 1 heterocycles. The average molecular weight is 456 g/mol. The number of sulfone groups is 1. The van der Waals surface area contributed by atoms with Crippen LogP contribution >= 0.6 is 11.6 Å². The number of carbonyl (C=O) groups is 1. The summed E-state index contributed by atoms with van der Waals surface area (Å²) in [5, 5.41) is 0.252. The van der Waals surface area contributed by atoms with Crippen LogP contribution in [0.2, 0.25) is 5.02 Å². The molecule has 3 rings (SSSR count). The number of hydrogen-bond acceptors (Lipinski definition) is 5. The fourth-order valence-corrected chi connectivity index (χ4v) is 4.23. The first-order valence-corrected chi connectivity index (χ1v) is 10.4. The van der Waals surface area contributed by atoms with Crippen LogP contribution in [0.25, 0.3) is 0 Å². The fourth-order valence-electron chi connectivity index (χ4n) is 2.68. The molecule has 1 aromatic heterocycles. The lowest BCUT2D eigenvalue weighted by Gasteiger charge is -2.12. The molecule has 0 bridgehead atoms. The molecule has 2 aromatic carbocycles. The van der Waals surface area contributed by atoms with Crippen molar-refractivity contribution in [2.45, 2.75) is 17.0 Å². The predicted molar refractivity (Wildman–Crippen MR) is 103 cm³/mol. The van der Waals surface area contributed by atoms with E-state index in [9.17, 15) is 26.4 Å². The molecule has 0 N–H and O–H groups in total. The van der Waals surface area contributed by atoms with Crippen LogP contribution in [0.3, 0.4) is 0 Å². The minimum atomic E-state index is -4.88. The SMILES string of the molecule is O=C(c1ccncc1)c1cc(Cl)ccc1CS(=O)(=O)c1ccc(OC(F)(F)F)cc1. The maximum absolute atomic E-state index is 12.8. The molecule has 0 saturated heterocycles. The summed E-state index contributed by atoms with van der Waals surface area (Å²) in [6, 6.07) is 11.1. The van der Waals surface area contributed by atoms with Crippen molar-refractivity contribution in [1.82, 2.24) is 4.98 Å². The number of benzene rings is 2. The molecule has 30 heavy (non-hydrogen) atoms. The lowest BCUT2D eigenvalue weighted by molar-refractivity contribution is -0.274. The number of pyridine rings is 1. The molecule has 0 aliphatic heterocycles. The molecule has 0 aliphatic carbocycles. The van der Waals surface area contributed by atoms with Gasteiger partial charge in [0.05, 0.1) is 10.6 Å². The Labute approximate surface area is 175 Å². The number of carbonyl (C=O) groups excluding carboxylic acids is 1. The molecule has 3 aromatic rings. The Morgan fingerprint density at radius 2 is 1.63 bits per heavy atom. The van der Waals surface area contributed by atoms with Crippen molar-refractivity contribution in [2.24, 2.45) is 0 Å². The molecule has 0 radical (unpaired) electrons. The Kier molecular flexibility index (Phi) is 6.14. The van der Waals surface area contributed by atoms with Crippen LogP contribution < -0.4 is 4.74 Å². The van der Waals surface area contributed by atoms with Gasteiger partial charge in [-0.2, -0.15) is 0 Å². The van der Waals surface area contributed by atoms with Crippen LogP contribution in [0.4, 0.5) is 13.2 Å². The molecule has 0 unspecified atom stereocenters. The van der Waals surface area contributed by atoms with Crippen LogP contribution in [0.1, 0.15) is 21.5 Å². The van der Waals surface area contributed by atoms with Gasteiger partial charge in [-0.3, -0.25) is 9.78 Å². The maximum Gasteiger partial charge on any atom is 0.573 e.